The molecule has 0 saturated carbocycles. The predicted octanol–water partition coefficient (Wildman–Crippen LogP) is 4.77. The summed E-state index contributed by atoms with van der Waals surface area (Å²) in [6, 6.07) is 13.5. The van der Waals surface area contributed by atoms with Crippen molar-refractivity contribution in [1.29, 1.82) is 0 Å². The molecule has 0 aliphatic carbocycles. The van der Waals surface area contributed by atoms with Gasteiger partial charge in [0.2, 0.25) is 5.91 Å². The Hall–Kier alpha value is -3.41. The van der Waals surface area contributed by atoms with Crippen LogP contribution >= 0.6 is 0 Å². The summed E-state index contributed by atoms with van der Waals surface area (Å²) in [5, 5.41) is 2.93. The molecule has 4 rings (SSSR count). The van der Waals surface area contributed by atoms with Gasteiger partial charge in [0.25, 0.3) is 5.91 Å². The second kappa shape index (κ2) is 9.16. The number of anilines is 1. The van der Waals surface area contributed by atoms with E-state index >= 15 is 0 Å². The summed E-state index contributed by atoms with van der Waals surface area (Å²) >= 11 is 0. The molecule has 160 valence electrons. The number of nitrogens with one attached hydrogen (secondary N) is 1. The van der Waals surface area contributed by atoms with Crippen LogP contribution in [0.1, 0.15) is 46.6 Å². The Morgan fingerprint density at radius 2 is 1.81 bits per heavy atom. The second-order valence-electron chi connectivity index (χ2n) is 8.01. The smallest absolute Gasteiger partial charge is 0.254 e. The van der Waals surface area contributed by atoms with Crippen molar-refractivity contribution in [3.8, 4) is 11.3 Å². The lowest BCUT2D eigenvalue weighted by Gasteiger charge is -2.18. The van der Waals surface area contributed by atoms with Crippen LogP contribution in [-0.2, 0) is 11.2 Å². The van der Waals surface area contributed by atoms with Crippen LogP contribution in [0.3, 0.4) is 0 Å². The highest BCUT2D eigenvalue weighted by atomic mass is 16.4. The number of aromatic nitrogens is 1. The topological polar surface area (TPSA) is 75.4 Å². The largest absolute Gasteiger partial charge is 0.441 e. The summed E-state index contributed by atoms with van der Waals surface area (Å²) in [4.78, 5) is 31.4. The summed E-state index contributed by atoms with van der Waals surface area (Å²) in [5.41, 5.74) is 4.26. The van der Waals surface area contributed by atoms with Gasteiger partial charge in [-0.15, -0.1) is 0 Å². The number of benzene rings is 2. The third kappa shape index (κ3) is 4.85. The van der Waals surface area contributed by atoms with E-state index in [0.717, 1.165) is 37.1 Å². The molecule has 6 nitrogen and oxygen atoms in total. The second-order valence-corrected chi connectivity index (χ2v) is 8.01. The van der Waals surface area contributed by atoms with Gasteiger partial charge >= 0.3 is 0 Å². The molecule has 2 aromatic carbocycles. The first-order valence-electron chi connectivity index (χ1n) is 10.7. The third-order valence-electron chi connectivity index (χ3n) is 5.69. The fourth-order valence-corrected chi connectivity index (χ4v) is 3.80. The summed E-state index contributed by atoms with van der Waals surface area (Å²) in [6.45, 7) is 5.51. The van der Waals surface area contributed by atoms with Crippen LogP contribution in [-0.4, -0.2) is 34.8 Å². The van der Waals surface area contributed by atoms with Crippen molar-refractivity contribution in [3.05, 3.63) is 71.2 Å². The van der Waals surface area contributed by atoms with Gasteiger partial charge < -0.3 is 14.6 Å². The lowest BCUT2D eigenvalue weighted by molar-refractivity contribution is -0.116. The molecule has 31 heavy (non-hydrogen) atoms. The number of oxazole rings is 1. The number of amides is 2. The van der Waals surface area contributed by atoms with Gasteiger partial charge in [0.1, 0.15) is 0 Å². The van der Waals surface area contributed by atoms with E-state index in [1.807, 2.05) is 61.2 Å². The number of hydrogen-bond acceptors (Lipinski definition) is 4. The quantitative estimate of drug-likeness (QED) is 0.627. The summed E-state index contributed by atoms with van der Waals surface area (Å²) in [6.07, 6.45) is 4.44. The first kappa shape index (κ1) is 20.8. The van der Waals surface area contributed by atoms with Crippen LogP contribution in [0.2, 0.25) is 0 Å². The highest BCUT2D eigenvalue weighted by Crippen LogP contribution is 2.23. The van der Waals surface area contributed by atoms with Crippen LogP contribution in [0.25, 0.3) is 11.3 Å². The van der Waals surface area contributed by atoms with Gasteiger partial charge in [-0.3, -0.25) is 9.59 Å². The van der Waals surface area contributed by atoms with Gasteiger partial charge in [0.05, 0.1) is 6.20 Å². The first-order chi connectivity index (χ1) is 15.0. The molecule has 0 radical (unpaired) electrons. The molecule has 2 heterocycles. The maximum Gasteiger partial charge on any atom is 0.254 e. The van der Waals surface area contributed by atoms with Crippen LogP contribution in [0.5, 0.6) is 0 Å². The lowest BCUT2D eigenvalue weighted by atomic mass is 10.1. The summed E-state index contributed by atoms with van der Waals surface area (Å²) in [5.74, 6) is 1.12. The third-order valence-corrected chi connectivity index (χ3v) is 5.69. The van der Waals surface area contributed by atoms with E-state index in [0.29, 0.717) is 29.3 Å². The van der Waals surface area contributed by atoms with E-state index in [4.69, 9.17) is 4.42 Å². The molecule has 1 N–H and O–H groups in total. The van der Waals surface area contributed by atoms with E-state index in [1.54, 1.807) is 6.20 Å². The average molecular weight is 418 g/mol. The van der Waals surface area contributed by atoms with Crippen molar-refractivity contribution in [2.45, 2.75) is 39.5 Å². The van der Waals surface area contributed by atoms with Gasteiger partial charge in [-0.25, -0.2) is 4.98 Å². The summed E-state index contributed by atoms with van der Waals surface area (Å²) in [7, 11) is 0. The Morgan fingerprint density at radius 3 is 2.55 bits per heavy atom. The molecule has 1 fully saturated rings. The van der Waals surface area contributed by atoms with E-state index in [1.165, 1.54) is 5.56 Å². The van der Waals surface area contributed by atoms with E-state index < -0.39 is 0 Å². The number of likely N-dealkylation sites (tertiary alicyclic amines) is 1. The number of rotatable bonds is 6. The Balaban J connectivity index is 1.36. The van der Waals surface area contributed by atoms with Crippen molar-refractivity contribution in [3.63, 3.8) is 0 Å². The van der Waals surface area contributed by atoms with Gasteiger partial charge in [0.15, 0.2) is 11.7 Å². The van der Waals surface area contributed by atoms with E-state index in [2.05, 4.69) is 10.3 Å². The Kier molecular flexibility index (Phi) is 6.16. The molecular weight excluding hydrogens is 390 g/mol. The monoisotopic (exact) mass is 417 g/mol. The number of carbonyl (C=O) groups is 2. The fourth-order valence-electron chi connectivity index (χ4n) is 3.80. The number of hydrogen-bond donors (Lipinski definition) is 1. The van der Waals surface area contributed by atoms with Gasteiger partial charge in [-0.2, -0.15) is 0 Å². The molecule has 0 atom stereocenters. The molecule has 1 aliphatic rings. The Bertz CT molecular complexity index is 1080. The molecule has 1 aliphatic heterocycles. The zero-order valence-electron chi connectivity index (χ0n) is 18.0. The standard InChI is InChI=1S/C25H27N3O3/c1-17-8-10-19(11-9-17)22-16-26-24(31-22)13-12-23(29)27-21-7-5-6-20(18(21)2)25(30)28-14-3-4-15-28/h5-11,16H,3-4,12-15H2,1-2H3,(H,27,29). The van der Waals surface area contributed by atoms with Crippen LogP contribution in [0, 0.1) is 13.8 Å². The fraction of sp³-hybridized carbons (Fsp3) is 0.320. The molecule has 0 bridgehead atoms. The Morgan fingerprint density at radius 1 is 1.06 bits per heavy atom. The molecule has 3 aromatic rings. The van der Waals surface area contributed by atoms with Crippen LogP contribution < -0.4 is 5.32 Å². The molecule has 1 aromatic heterocycles. The number of nitrogens with zero attached hydrogens (tertiary/aromatic N) is 2. The maximum atomic E-state index is 12.7. The Labute approximate surface area is 182 Å². The molecule has 1 saturated heterocycles. The molecule has 0 unspecified atom stereocenters. The van der Waals surface area contributed by atoms with E-state index in [9.17, 15) is 9.59 Å². The van der Waals surface area contributed by atoms with Crippen molar-refractivity contribution >= 4 is 17.5 Å². The molecule has 6 heteroatoms. The highest BCUT2D eigenvalue weighted by molar-refractivity contribution is 5.99. The van der Waals surface area contributed by atoms with Crippen molar-refractivity contribution < 1.29 is 14.0 Å². The minimum atomic E-state index is -0.135. The summed E-state index contributed by atoms with van der Waals surface area (Å²) < 4.78 is 5.80. The average Bonchev–Trinajstić information content (AvgIpc) is 3.46. The molecular formula is C25H27N3O3. The molecule has 2 amide bonds. The zero-order chi connectivity index (χ0) is 21.8. The SMILES string of the molecule is Cc1ccc(-c2cnc(CCC(=O)Nc3cccc(C(=O)N4CCCC4)c3C)o2)cc1. The minimum absolute atomic E-state index is 0.0366. The van der Waals surface area contributed by atoms with Crippen molar-refractivity contribution in [2.75, 3.05) is 18.4 Å². The minimum Gasteiger partial charge on any atom is -0.441 e. The normalized spacial score (nSPS) is 13.4. The van der Waals surface area contributed by atoms with Crippen molar-refractivity contribution in [1.82, 2.24) is 9.88 Å². The van der Waals surface area contributed by atoms with Gasteiger partial charge in [-0.05, 0) is 44.4 Å². The zero-order valence-corrected chi connectivity index (χ0v) is 18.0. The van der Waals surface area contributed by atoms with Crippen LogP contribution in [0.4, 0.5) is 5.69 Å². The van der Waals surface area contributed by atoms with Crippen LogP contribution in [0.15, 0.2) is 53.1 Å². The van der Waals surface area contributed by atoms with Gasteiger partial charge in [-0.1, -0.05) is 35.9 Å². The number of carbonyl (C=O) groups excluding carboxylic acids is 2. The van der Waals surface area contributed by atoms with E-state index in [-0.39, 0.29) is 18.2 Å². The molecule has 0 spiro atoms. The highest BCUT2D eigenvalue weighted by Gasteiger charge is 2.22. The number of aryl methyl sites for hydroxylation is 2. The predicted molar refractivity (Wildman–Crippen MR) is 120 cm³/mol. The lowest BCUT2D eigenvalue weighted by Crippen LogP contribution is -2.28. The maximum absolute atomic E-state index is 12.7. The first-order valence-corrected chi connectivity index (χ1v) is 10.7. The van der Waals surface area contributed by atoms with Gasteiger partial charge in [0, 0.05) is 42.7 Å². The van der Waals surface area contributed by atoms with Crippen molar-refractivity contribution in [2.24, 2.45) is 0 Å².